The van der Waals surface area contributed by atoms with Crippen LogP contribution in [0, 0.1) is 24.0 Å². The highest BCUT2D eigenvalue weighted by Crippen LogP contribution is 2.28. The molecule has 0 aliphatic heterocycles. The van der Waals surface area contributed by atoms with Crippen molar-refractivity contribution in [2.24, 2.45) is 0 Å². The van der Waals surface area contributed by atoms with Gasteiger partial charge in [0.25, 0.3) is 5.91 Å². The molecule has 0 aliphatic rings. The van der Waals surface area contributed by atoms with Gasteiger partial charge in [-0.05, 0) is 44.0 Å². The quantitative estimate of drug-likeness (QED) is 0.590. The molecule has 0 aliphatic carbocycles. The van der Waals surface area contributed by atoms with Crippen molar-refractivity contribution in [1.82, 2.24) is 4.90 Å². The molecule has 2 aromatic rings. The maximum absolute atomic E-state index is 12.6. The molecule has 0 unspecified atom stereocenters. The maximum Gasteiger partial charge on any atom is 0.311 e. The molecule has 0 aromatic heterocycles. The first-order valence-electron chi connectivity index (χ1n) is 8.06. The molecule has 0 radical (unpaired) electrons. The summed E-state index contributed by atoms with van der Waals surface area (Å²) >= 11 is 0. The summed E-state index contributed by atoms with van der Waals surface area (Å²) in [5.74, 6) is -0.104. The number of amides is 1. The zero-order valence-electron chi connectivity index (χ0n) is 14.9. The number of nitrogens with zero attached hydrogens (tertiary/aromatic N) is 2. The Bertz CT molecular complexity index is 802. The topological polar surface area (TPSA) is 72.7 Å². The lowest BCUT2D eigenvalue weighted by Gasteiger charge is -2.19. The number of ether oxygens (including phenoxy) is 1. The highest BCUT2D eigenvalue weighted by Gasteiger charge is 2.20. The third-order valence-electron chi connectivity index (χ3n) is 3.95. The third kappa shape index (κ3) is 4.35. The summed E-state index contributed by atoms with van der Waals surface area (Å²) < 4.78 is 5.25. The number of nitro groups is 1. The van der Waals surface area contributed by atoms with Crippen molar-refractivity contribution in [3.05, 3.63) is 68.8 Å². The minimum Gasteiger partial charge on any atom is -0.487 e. The zero-order valence-corrected chi connectivity index (χ0v) is 14.9. The van der Waals surface area contributed by atoms with Crippen LogP contribution >= 0.6 is 0 Å². The summed E-state index contributed by atoms with van der Waals surface area (Å²) in [5, 5.41) is 11.2. The van der Waals surface area contributed by atoms with Gasteiger partial charge < -0.3 is 9.64 Å². The van der Waals surface area contributed by atoms with E-state index in [1.165, 1.54) is 12.1 Å². The minimum atomic E-state index is -0.536. The molecule has 132 valence electrons. The van der Waals surface area contributed by atoms with Gasteiger partial charge in [-0.25, -0.2) is 0 Å². The van der Waals surface area contributed by atoms with Crippen molar-refractivity contribution in [1.29, 1.82) is 0 Å². The van der Waals surface area contributed by atoms with E-state index in [0.717, 1.165) is 16.7 Å². The lowest BCUT2D eigenvalue weighted by Crippen LogP contribution is -2.26. The molecule has 0 saturated heterocycles. The molecule has 6 nitrogen and oxygen atoms in total. The fourth-order valence-electron chi connectivity index (χ4n) is 2.64. The van der Waals surface area contributed by atoms with Gasteiger partial charge in [0.2, 0.25) is 0 Å². The number of nitro benzene ring substituents is 1. The van der Waals surface area contributed by atoms with Crippen molar-refractivity contribution < 1.29 is 14.5 Å². The van der Waals surface area contributed by atoms with Crippen LogP contribution in [0.3, 0.4) is 0 Å². The van der Waals surface area contributed by atoms with Crippen molar-refractivity contribution in [2.45, 2.75) is 27.3 Å². The summed E-state index contributed by atoms with van der Waals surface area (Å²) in [6.07, 6.45) is 0. The van der Waals surface area contributed by atoms with Gasteiger partial charge in [-0.15, -0.1) is 0 Å². The Labute approximate surface area is 147 Å². The molecule has 0 bridgehead atoms. The maximum atomic E-state index is 12.6. The molecule has 1 amide bonds. The molecule has 0 heterocycles. The number of hydrogen-bond acceptors (Lipinski definition) is 4. The van der Waals surface area contributed by atoms with Crippen LogP contribution in [0.5, 0.6) is 5.75 Å². The zero-order chi connectivity index (χ0) is 18.6. The molecular weight excluding hydrogens is 320 g/mol. The average molecular weight is 342 g/mol. The van der Waals surface area contributed by atoms with Crippen LogP contribution in [-0.2, 0) is 6.54 Å². The summed E-state index contributed by atoms with van der Waals surface area (Å²) in [6, 6.07) is 10.4. The molecular formula is C19H22N2O4. The number of carbonyl (C=O) groups is 1. The van der Waals surface area contributed by atoms with Gasteiger partial charge in [0.15, 0.2) is 5.75 Å². The standard InChI is InChI=1S/C19H22N2O4/c1-5-25-18-9-8-15(11-17(18)21(23)24)19(22)20(4)12-16-7-6-13(2)10-14(16)3/h6-11H,5,12H2,1-4H3. The summed E-state index contributed by atoms with van der Waals surface area (Å²) in [4.78, 5) is 24.9. The van der Waals surface area contributed by atoms with E-state index < -0.39 is 4.92 Å². The smallest absolute Gasteiger partial charge is 0.311 e. The number of aryl methyl sites for hydroxylation is 2. The Morgan fingerprint density at radius 2 is 1.92 bits per heavy atom. The van der Waals surface area contributed by atoms with E-state index in [-0.39, 0.29) is 22.9 Å². The first-order valence-corrected chi connectivity index (χ1v) is 8.06. The van der Waals surface area contributed by atoms with Crippen LogP contribution in [-0.4, -0.2) is 29.4 Å². The van der Waals surface area contributed by atoms with E-state index >= 15 is 0 Å². The van der Waals surface area contributed by atoms with E-state index in [0.29, 0.717) is 13.2 Å². The highest BCUT2D eigenvalue weighted by molar-refractivity contribution is 5.95. The third-order valence-corrected chi connectivity index (χ3v) is 3.95. The highest BCUT2D eigenvalue weighted by atomic mass is 16.6. The average Bonchev–Trinajstić information content (AvgIpc) is 2.57. The molecule has 25 heavy (non-hydrogen) atoms. The molecule has 2 aromatic carbocycles. The van der Waals surface area contributed by atoms with Crippen LogP contribution in [0.15, 0.2) is 36.4 Å². The minimum absolute atomic E-state index is 0.168. The van der Waals surface area contributed by atoms with Crippen LogP contribution in [0.2, 0.25) is 0 Å². The van der Waals surface area contributed by atoms with Crippen molar-refractivity contribution in [2.75, 3.05) is 13.7 Å². The second-order valence-corrected chi connectivity index (χ2v) is 5.96. The van der Waals surface area contributed by atoms with Gasteiger partial charge >= 0.3 is 5.69 Å². The first kappa shape index (κ1) is 18.4. The first-order chi connectivity index (χ1) is 11.8. The number of benzene rings is 2. The lowest BCUT2D eigenvalue weighted by atomic mass is 10.0. The molecule has 0 spiro atoms. The van der Waals surface area contributed by atoms with E-state index in [1.54, 1.807) is 24.9 Å². The molecule has 0 atom stereocenters. The second kappa shape index (κ2) is 7.79. The molecule has 2 rings (SSSR count). The van der Waals surface area contributed by atoms with E-state index in [9.17, 15) is 14.9 Å². The van der Waals surface area contributed by atoms with Crippen LogP contribution < -0.4 is 4.74 Å². The lowest BCUT2D eigenvalue weighted by molar-refractivity contribution is -0.385. The van der Waals surface area contributed by atoms with Crippen LogP contribution in [0.4, 0.5) is 5.69 Å². The number of rotatable bonds is 6. The van der Waals surface area contributed by atoms with Gasteiger partial charge in [-0.1, -0.05) is 23.8 Å². The molecule has 0 N–H and O–H groups in total. The van der Waals surface area contributed by atoms with Crippen molar-refractivity contribution >= 4 is 11.6 Å². The molecule has 0 saturated carbocycles. The summed E-state index contributed by atoms with van der Waals surface area (Å²) in [7, 11) is 1.68. The Balaban J connectivity index is 2.24. The van der Waals surface area contributed by atoms with Crippen molar-refractivity contribution in [3.8, 4) is 5.75 Å². The van der Waals surface area contributed by atoms with Crippen molar-refractivity contribution in [3.63, 3.8) is 0 Å². The fraction of sp³-hybridized carbons (Fsp3) is 0.316. The van der Waals surface area contributed by atoms with E-state index in [1.807, 2.05) is 26.0 Å². The largest absolute Gasteiger partial charge is 0.487 e. The van der Waals surface area contributed by atoms with Gasteiger partial charge in [-0.2, -0.15) is 0 Å². The molecule has 6 heteroatoms. The Kier molecular flexibility index (Phi) is 5.75. The Hall–Kier alpha value is -2.89. The summed E-state index contributed by atoms with van der Waals surface area (Å²) in [5.41, 5.74) is 3.38. The van der Waals surface area contributed by atoms with Crippen LogP contribution in [0.25, 0.3) is 0 Å². The molecule has 0 fully saturated rings. The summed E-state index contributed by atoms with van der Waals surface area (Å²) in [6.45, 7) is 6.53. The second-order valence-electron chi connectivity index (χ2n) is 5.96. The van der Waals surface area contributed by atoms with E-state index in [2.05, 4.69) is 6.07 Å². The normalized spacial score (nSPS) is 10.4. The fourth-order valence-corrected chi connectivity index (χ4v) is 2.64. The predicted molar refractivity (Wildman–Crippen MR) is 96.0 cm³/mol. The predicted octanol–water partition coefficient (Wildman–Crippen LogP) is 3.88. The van der Waals surface area contributed by atoms with Crippen LogP contribution in [0.1, 0.15) is 34.0 Å². The Morgan fingerprint density at radius 3 is 2.52 bits per heavy atom. The monoisotopic (exact) mass is 342 g/mol. The van der Waals surface area contributed by atoms with Gasteiger partial charge in [0.05, 0.1) is 11.5 Å². The van der Waals surface area contributed by atoms with Gasteiger partial charge in [0.1, 0.15) is 0 Å². The number of hydrogen-bond donors (Lipinski definition) is 0. The van der Waals surface area contributed by atoms with E-state index in [4.69, 9.17) is 4.74 Å². The van der Waals surface area contributed by atoms with Gasteiger partial charge in [0, 0.05) is 25.2 Å². The Morgan fingerprint density at radius 1 is 1.20 bits per heavy atom. The SMILES string of the molecule is CCOc1ccc(C(=O)N(C)Cc2ccc(C)cc2C)cc1[N+](=O)[O-]. The number of carbonyl (C=O) groups excluding carboxylic acids is 1. The van der Waals surface area contributed by atoms with Gasteiger partial charge in [-0.3, -0.25) is 14.9 Å².